The molecule has 0 saturated heterocycles. The van der Waals surface area contributed by atoms with Crippen molar-refractivity contribution in [2.75, 3.05) is 17.7 Å². The van der Waals surface area contributed by atoms with Gasteiger partial charge in [0.2, 0.25) is 0 Å². The van der Waals surface area contributed by atoms with Crippen LogP contribution < -0.4 is 15.4 Å². The first-order valence-electron chi connectivity index (χ1n) is 8.05. The lowest BCUT2D eigenvalue weighted by Gasteiger charge is -2.08. The van der Waals surface area contributed by atoms with E-state index >= 15 is 0 Å². The van der Waals surface area contributed by atoms with Gasteiger partial charge in [0, 0.05) is 5.69 Å². The maximum absolute atomic E-state index is 13.7. The summed E-state index contributed by atoms with van der Waals surface area (Å²) in [6, 6.07) is 17.1. The Bertz CT molecular complexity index is 974. The number of nitrogens with one attached hydrogen (secondary N) is 2. The number of rotatable bonds is 5. The minimum atomic E-state index is -0.612. The standard InChI is InChI=1S/C20H16FN3O3/c1-27-14-11-9-13(10-12-14)22-19(25)17-7-4-8-18(23-17)20(26)24-16-6-3-2-5-15(16)21/h2-12H,1H3,(H,22,25)(H,24,26). The molecule has 1 heterocycles. The summed E-state index contributed by atoms with van der Waals surface area (Å²) in [7, 11) is 1.55. The Kier molecular flexibility index (Phi) is 5.41. The highest BCUT2D eigenvalue weighted by Crippen LogP contribution is 2.16. The number of amides is 2. The van der Waals surface area contributed by atoms with E-state index < -0.39 is 17.6 Å². The summed E-state index contributed by atoms with van der Waals surface area (Å²) in [6.45, 7) is 0. The van der Waals surface area contributed by atoms with Crippen LogP contribution in [0.1, 0.15) is 21.0 Å². The number of halogens is 1. The smallest absolute Gasteiger partial charge is 0.274 e. The highest BCUT2D eigenvalue weighted by Gasteiger charge is 2.14. The number of para-hydroxylation sites is 1. The van der Waals surface area contributed by atoms with E-state index in [2.05, 4.69) is 15.6 Å². The summed E-state index contributed by atoms with van der Waals surface area (Å²) in [5.41, 5.74) is 0.661. The molecule has 7 heteroatoms. The number of pyridine rings is 1. The Morgan fingerprint density at radius 3 is 2.11 bits per heavy atom. The third kappa shape index (κ3) is 4.46. The first-order chi connectivity index (χ1) is 13.1. The van der Waals surface area contributed by atoms with Crippen LogP contribution in [0.4, 0.5) is 15.8 Å². The average Bonchev–Trinajstić information content (AvgIpc) is 2.70. The third-order valence-corrected chi connectivity index (χ3v) is 3.68. The number of methoxy groups -OCH3 is 1. The van der Waals surface area contributed by atoms with E-state index in [-0.39, 0.29) is 17.1 Å². The van der Waals surface area contributed by atoms with Gasteiger partial charge in [0.05, 0.1) is 12.8 Å². The van der Waals surface area contributed by atoms with E-state index in [1.54, 1.807) is 37.4 Å². The van der Waals surface area contributed by atoms with Crippen molar-refractivity contribution >= 4 is 23.2 Å². The zero-order valence-electron chi connectivity index (χ0n) is 14.4. The van der Waals surface area contributed by atoms with Crippen molar-refractivity contribution in [3.63, 3.8) is 0 Å². The molecular weight excluding hydrogens is 349 g/mol. The Balaban J connectivity index is 1.73. The number of carbonyl (C=O) groups excluding carboxylic acids is 2. The predicted octanol–water partition coefficient (Wildman–Crippen LogP) is 3.73. The van der Waals surface area contributed by atoms with Gasteiger partial charge in [-0.3, -0.25) is 9.59 Å². The topological polar surface area (TPSA) is 80.3 Å². The van der Waals surface area contributed by atoms with Crippen molar-refractivity contribution in [1.29, 1.82) is 0 Å². The molecule has 0 bridgehead atoms. The fourth-order valence-electron chi connectivity index (χ4n) is 2.31. The van der Waals surface area contributed by atoms with Gasteiger partial charge in [0.1, 0.15) is 23.0 Å². The van der Waals surface area contributed by atoms with Crippen molar-refractivity contribution in [2.45, 2.75) is 0 Å². The van der Waals surface area contributed by atoms with Crippen LogP contribution in [0.15, 0.2) is 66.7 Å². The molecular formula is C20H16FN3O3. The minimum Gasteiger partial charge on any atom is -0.497 e. The zero-order chi connectivity index (χ0) is 19.2. The van der Waals surface area contributed by atoms with Gasteiger partial charge < -0.3 is 15.4 Å². The van der Waals surface area contributed by atoms with E-state index in [0.29, 0.717) is 11.4 Å². The molecule has 6 nitrogen and oxygen atoms in total. The lowest BCUT2D eigenvalue weighted by molar-refractivity contribution is 0.101. The SMILES string of the molecule is COc1ccc(NC(=O)c2cccc(C(=O)Nc3ccccc3F)n2)cc1. The molecule has 0 aliphatic heterocycles. The molecule has 0 aliphatic carbocycles. The second-order valence-corrected chi connectivity index (χ2v) is 5.52. The molecule has 0 radical (unpaired) electrons. The third-order valence-electron chi connectivity index (χ3n) is 3.68. The molecule has 0 unspecified atom stereocenters. The number of carbonyl (C=O) groups is 2. The van der Waals surface area contributed by atoms with Gasteiger partial charge in [-0.2, -0.15) is 0 Å². The molecule has 0 spiro atoms. The highest BCUT2D eigenvalue weighted by atomic mass is 19.1. The normalized spacial score (nSPS) is 10.1. The second-order valence-electron chi connectivity index (χ2n) is 5.52. The van der Waals surface area contributed by atoms with Crippen LogP contribution in [0.3, 0.4) is 0 Å². The van der Waals surface area contributed by atoms with Gasteiger partial charge in [-0.1, -0.05) is 18.2 Å². The fraction of sp³-hybridized carbons (Fsp3) is 0.0500. The highest BCUT2D eigenvalue weighted by molar-refractivity contribution is 6.06. The van der Waals surface area contributed by atoms with Crippen molar-refractivity contribution < 1.29 is 18.7 Å². The summed E-state index contributed by atoms with van der Waals surface area (Å²) >= 11 is 0. The number of aromatic nitrogens is 1. The number of ether oxygens (including phenoxy) is 1. The summed E-state index contributed by atoms with van der Waals surface area (Å²) in [4.78, 5) is 28.7. The van der Waals surface area contributed by atoms with E-state index in [0.717, 1.165) is 0 Å². The van der Waals surface area contributed by atoms with Gasteiger partial charge in [0.15, 0.2) is 0 Å². The molecule has 0 fully saturated rings. The molecule has 1 aromatic heterocycles. The van der Waals surface area contributed by atoms with Crippen molar-refractivity contribution in [3.8, 4) is 5.75 Å². The van der Waals surface area contributed by atoms with Crippen molar-refractivity contribution in [3.05, 3.63) is 83.9 Å². The summed E-state index contributed by atoms with van der Waals surface area (Å²) in [6.07, 6.45) is 0. The summed E-state index contributed by atoms with van der Waals surface area (Å²) in [5, 5.41) is 5.12. The Hall–Kier alpha value is -3.74. The summed E-state index contributed by atoms with van der Waals surface area (Å²) in [5.74, 6) is -0.975. The lowest BCUT2D eigenvalue weighted by atomic mass is 10.2. The maximum atomic E-state index is 13.7. The van der Waals surface area contributed by atoms with Gasteiger partial charge in [-0.05, 0) is 48.5 Å². The molecule has 2 aromatic carbocycles. The molecule has 27 heavy (non-hydrogen) atoms. The number of hydrogen-bond donors (Lipinski definition) is 2. The van der Waals surface area contributed by atoms with Crippen LogP contribution in [0, 0.1) is 5.82 Å². The summed E-state index contributed by atoms with van der Waals surface area (Å²) < 4.78 is 18.7. The monoisotopic (exact) mass is 365 g/mol. The molecule has 136 valence electrons. The largest absolute Gasteiger partial charge is 0.497 e. The van der Waals surface area contributed by atoms with Gasteiger partial charge >= 0.3 is 0 Å². The van der Waals surface area contributed by atoms with Gasteiger partial charge in [0.25, 0.3) is 11.8 Å². The van der Waals surface area contributed by atoms with Crippen LogP contribution in [-0.4, -0.2) is 23.9 Å². The van der Waals surface area contributed by atoms with E-state index in [1.165, 1.54) is 36.4 Å². The second kappa shape index (κ2) is 8.09. The van der Waals surface area contributed by atoms with E-state index in [1.807, 2.05) is 0 Å². The average molecular weight is 365 g/mol. The maximum Gasteiger partial charge on any atom is 0.274 e. The van der Waals surface area contributed by atoms with E-state index in [9.17, 15) is 14.0 Å². The fourth-order valence-corrected chi connectivity index (χ4v) is 2.31. The van der Waals surface area contributed by atoms with Crippen molar-refractivity contribution in [2.24, 2.45) is 0 Å². The first kappa shape index (κ1) is 18.1. The molecule has 3 rings (SSSR count). The van der Waals surface area contributed by atoms with Gasteiger partial charge in [-0.15, -0.1) is 0 Å². The Morgan fingerprint density at radius 2 is 1.48 bits per heavy atom. The molecule has 2 N–H and O–H groups in total. The molecule has 2 amide bonds. The van der Waals surface area contributed by atoms with Crippen LogP contribution in [0.25, 0.3) is 0 Å². The molecule has 3 aromatic rings. The molecule has 0 saturated carbocycles. The lowest BCUT2D eigenvalue weighted by Crippen LogP contribution is -2.18. The van der Waals surface area contributed by atoms with Crippen LogP contribution in [0.2, 0.25) is 0 Å². The first-order valence-corrected chi connectivity index (χ1v) is 8.05. The Morgan fingerprint density at radius 1 is 0.852 bits per heavy atom. The number of hydrogen-bond acceptors (Lipinski definition) is 4. The quantitative estimate of drug-likeness (QED) is 0.722. The van der Waals surface area contributed by atoms with Crippen LogP contribution in [-0.2, 0) is 0 Å². The Labute approximate surface area is 155 Å². The van der Waals surface area contributed by atoms with Crippen molar-refractivity contribution in [1.82, 2.24) is 4.98 Å². The number of benzene rings is 2. The van der Waals surface area contributed by atoms with Crippen LogP contribution >= 0.6 is 0 Å². The van der Waals surface area contributed by atoms with Gasteiger partial charge in [-0.25, -0.2) is 9.37 Å². The number of nitrogens with zero attached hydrogens (tertiary/aromatic N) is 1. The predicted molar refractivity (Wildman–Crippen MR) is 99.5 cm³/mol. The zero-order valence-corrected chi connectivity index (χ0v) is 14.4. The van der Waals surface area contributed by atoms with Crippen LogP contribution in [0.5, 0.6) is 5.75 Å². The molecule has 0 aliphatic rings. The molecule has 0 atom stereocenters. The number of anilines is 2. The van der Waals surface area contributed by atoms with E-state index in [4.69, 9.17) is 4.74 Å². The minimum absolute atomic E-state index is 0.000587.